The zero-order valence-corrected chi connectivity index (χ0v) is 17.4. The lowest BCUT2D eigenvalue weighted by molar-refractivity contribution is -0.150. The van der Waals surface area contributed by atoms with E-state index in [1.54, 1.807) is 23.4 Å². The van der Waals surface area contributed by atoms with Gasteiger partial charge in [0, 0.05) is 51.7 Å². The van der Waals surface area contributed by atoms with Gasteiger partial charge in [0.2, 0.25) is 11.8 Å². The van der Waals surface area contributed by atoms with E-state index in [0.717, 1.165) is 18.4 Å². The van der Waals surface area contributed by atoms with Crippen molar-refractivity contribution in [1.82, 2.24) is 14.8 Å². The van der Waals surface area contributed by atoms with Crippen molar-refractivity contribution < 1.29 is 32.2 Å². The second kappa shape index (κ2) is 10.9. The first-order valence-corrected chi connectivity index (χ1v) is 10.5. The van der Waals surface area contributed by atoms with Crippen molar-refractivity contribution in [3.8, 4) is 0 Å². The summed E-state index contributed by atoms with van der Waals surface area (Å²) in [7, 11) is 0. The number of halogens is 3. The van der Waals surface area contributed by atoms with Crippen LogP contribution in [0.1, 0.15) is 31.2 Å². The summed E-state index contributed by atoms with van der Waals surface area (Å²) < 4.78 is 49.0. The molecule has 172 valence electrons. The quantitative estimate of drug-likeness (QED) is 0.647. The molecule has 1 aromatic rings. The van der Waals surface area contributed by atoms with Gasteiger partial charge in [0.15, 0.2) is 0 Å². The molecule has 2 aliphatic heterocycles. The van der Waals surface area contributed by atoms with E-state index in [4.69, 9.17) is 9.47 Å². The lowest BCUT2D eigenvalue weighted by atomic mass is 9.99. The first-order chi connectivity index (χ1) is 14.8. The molecule has 3 heterocycles. The van der Waals surface area contributed by atoms with E-state index in [1.165, 1.54) is 4.90 Å². The normalized spacial score (nSPS) is 21.3. The van der Waals surface area contributed by atoms with Crippen LogP contribution in [0.25, 0.3) is 0 Å². The second-order valence-corrected chi connectivity index (χ2v) is 8.04. The smallest absolute Gasteiger partial charge is 0.381 e. The molecule has 0 radical (unpaired) electrons. The SMILES string of the molecule is O=C(CCC(F)(F)F)N1CC(=O)N(CC2CCOCC2)CC(OCc2cccnc2)C1. The van der Waals surface area contributed by atoms with E-state index in [1.807, 2.05) is 6.07 Å². The molecule has 0 aliphatic carbocycles. The number of hydrogen-bond donors (Lipinski definition) is 0. The molecule has 2 amide bonds. The lowest BCUT2D eigenvalue weighted by Crippen LogP contribution is -2.42. The van der Waals surface area contributed by atoms with Crippen molar-refractivity contribution in [2.45, 2.75) is 44.6 Å². The van der Waals surface area contributed by atoms with Crippen molar-refractivity contribution in [3.05, 3.63) is 30.1 Å². The van der Waals surface area contributed by atoms with Crippen molar-refractivity contribution in [3.63, 3.8) is 0 Å². The molecular weight excluding hydrogens is 415 g/mol. The molecule has 2 aliphatic rings. The lowest BCUT2D eigenvalue weighted by Gasteiger charge is -2.30. The van der Waals surface area contributed by atoms with Crippen LogP contribution in [-0.2, 0) is 25.7 Å². The van der Waals surface area contributed by atoms with Gasteiger partial charge in [-0.2, -0.15) is 13.2 Å². The highest BCUT2D eigenvalue weighted by atomic mass is 19.4. The van der Waals surface area contributed by atoms with E-state index in [-0.39, 0.29) is 25.6 Å². The van der Waals surface area contributed by atoms with E-state index in [2.05, 4.69) is 4.98 Å². The Bertz CT molecular complexity index is 726. The number of alkyl halides is 3. The summed E-state index contributed by atoms with van der Waals surface area (Å²) in [5, 5.41) is 0. The molecule has 0 spiro atoms. The fourth-order valence-electron chi connectivity index (χ4n) is 3.80. The van der Waals surface area contributed by atoms with Crippen molar-refractivity contribution >= 4 is 11.8 Å². The Balaban J connectivity index is 1.67. The topological polar surface area (TPSA) is 72.0 Å². The maximum atomic E-state index is 12.8. The number of ether oxygens (including phenoxy) is 2. The molecule has 0 bridgehead atoms. The molecule has 0 saturated carbocycles. The molecule has 10 heteroatoms. The fourth-order valence-corrected chi connectivity index (χ4v) is 3.80. The number of carbonyl (C=O) groups is 2. The van der Waals surface area contributed by atoms with E-state index in [9.17, 15) is 22.8 Å². The third-order valence-corrected chi connectivity index (χ3v) is 5.53. The predicted octanol–water partition coefficient (Wildman–Crippen LogP) is 2.41. The summed E-state index contributed by atoms with van der Waals surface area (Å²) in [6.45, 7) is 2.20. The van der Waals surface area contributed by atoms with Crippen LogP contribution in [-0.4, -0.2) is 78.3 Å². The molecule has 2 fully saturated rings. The molecule has 2 saturated heterocycles. The summed E-state index contributed by atoms with van der Waals surface area (Å²) in [6.07, 6.45) is -1.80. The summed E-state index contributed by atoms with van der Waals surface area (Å²) >= 11 is 0. The zero-order valence-electron chi connectivity index (χ0n) is 17.4. The average Bonchev–Trinajstić information content (AvgIpc) is 2.90. The Morgan fingerprint density at radius 3 is 2.71 bits per heavy atom. The highest BCUT2D eigenvalue weighted by Crippen LogP contribution is 2.23. The zero-order chi connectivity index (χ0) is 22.3. The van der Waals surface area contributed by atoms with Crippen LogP contribution in [0.5, 0.6) is 0 Å². The minimum absolute atomic E-state index is 0.0764. The number of carbonyl (C=O) groups excluding carboxylic acids is 2. The number of amides is 2. The number of nitrogens with zero attached hydrogens (tertiary/aromatic N) is 3. The number of hydrogen-bond acceptors (Lipinski definition) is 5. The van der Waals surface area contributed by atoms with Crippen LogP contribution < -0.4 is 0 Å². The van der Waals surface area contributed by atoms with Crippen LogP contribution in [0.2, 0.25) is 0 Å². The fraction of sp³-hybridized carbons (Fsp3) is 0.667. The Morgan fingerprint density at radius 1 is 1.26 bits per heavy atom. The van der Waals surface area contributed by atoms with Crippen LogP contribution in [0, 0.1) is 5.92 Å². The number of aromatic nitrogens is 1. The molecule has 1 unspecified atom stereocenters. The second-order valence-electron chi connectivity index (χ2n) is 8.04. The van der Waals surface area contributed by atoms with Gasteiger partial charge in [-0.3, -0.25) is 14.6 Å². The Morgan fingerprint density at radius 2 is 2.03 bits per heavy atom. The molecule has 1 atom stereocenters. The highest BCUT2D eigenvalue weighted by Gasteiger charge is 2.34. The Labute approximate surface area is 179 Å². The van der Waals surface area contributed by atoms with Gasteiger partial charge in [0.1, 0.15) is 0 Å². The summed E-state index contributed by atoms with van der Waals surface area (Å²) in [5.41, 5.74) is 0.837. The first-order valence-electron chi connectivity index (χ1n) is 10.5. The van der Waals surface area contributed by atoms with Gasteiger partial charge in [0.25, 0.3) is 0 Å². The average molecular weight is 443 g/mol. The Kier molecular flexibility index (Phi) is 8.25. The van der Waals surface area contributed by atoms with Crippen LogP contribution in [0.15, 0.2) is 24.5 Å². The molecule has 31 heavy (non-hydrogen) atoms. The van der Waals surface area contributed by atoms with Gasteiger partial charge in [-0.15, -0.1) is 0 Å². The molecule has 0 N–H and O–H groups in total. The molecule has 3 rings (SSSR count). The summed E-state index contributed by atoms with van der Waals surface area (Å²) in [6, 6.07) is 3.63. The largest absolute Gasteiger partial charge is 0.389 e. The summed E-state index contributed by atoms with van der Waals surface area (Å²) in [5.74, 6) is -0.656. The maximum Gasteiger partial charge on any atom is 0.389 e. The van der Waals surface area contributed by atoms with Crippen LogP contribution in [0.3, 0.4) is 0 Å². The van der Waals surface area contributed by atoms with Crippen molar-refractivity contribution in [1.29, 1.82) is 0 Å². The molecule has 7 nitrogen and oxygen atoms in total. The van der Waals surface area contributed by atoms with Crippen LogP contribution in [0.4, 0.5) is 13.2 Å². The number of rotatable bonds is 7. The predicted molar refractivity (Wildman–Crippen MR) is 105 cm³/mol. The third-order valence-electron chi connectivity index (χ3n) is 5.53. The molecule has 1 aromatic heterocycles. The molecule has 0 aromatic carbocycles. The van der Waals surface area contributed by atoms with Gasteiger partial charge in [-0.1, -0.05) is 6.07 Å². The standard InChI is InChI=1S/C21H28F3N3O4/c22-21(23,24)6-3-19(28)27-13-18(31-15-17-2-1-7-25-10-17)12-26(20(29)14-27)11-16-4-8-30-9-5-16/h1-2,7,10,16,18H,3-6,8-9,11-15H2. The van der Waals surface area contributed by atoms with Gasteiger partial charge >= 0.3 is 6.18 Å². The maximum absolute atomic E-state index is 12.8. The van der Waals surface area contributed by atoms with Crippen LogP contribution >= 0.6 is 0 Å². The van der Waals surface area contributed by atoms with Gasteiger partial charge in [-0.05, 0) is 30.4 Å². The first kappa shape index (κ1) is 23.5. The third kappa shape index (κ3) is 7.77. The van der Waals surface area contributed by atoms with Gasteiger partial charge in [-0.25, -0.2) is 0 Å². The summed E-state index contributed by atoms with van der Waals surface area (Å²) in [4.78, 5) is 32.2. The minimum Gasteiger partial charge on any atom is -0.381 e. The van der Waals surface area contributed by atoms with E-state index >= 15 is 0 Å². The highest BCUT2D eigenvalue weighted by molar-refractivity contribution is 5.85. The Hall–Kier alpha value is -2.20. The van der Waals surface area contributed by atoms with E-state index < -0.39 is 31.0 Å². The van der Waals surface area contributed by atoms with E-state index in [0.29, 0.717) is 32.2 Å². The van der Waals surface area contributed by atoms with Crippen molar-refractivity contribution in [2.24, 2.45) is 5.92 Å². The van der Waals surface area contributed by atoms with Gasteiger partial charge in [0.05, 0.1) is 25.7 Å². The number of pyridine rings is 1. The van der Waals surface area contributed by atoms with Gasteiger partial charge < -0.3 is 19.3 Å². The van der Waals surface area contributed by atoms with Crippen molar-refractivity contribution in [2.75, 3.05) is 39.4 Å². The molecular formula is C21H28F3N3O4. The minimum atomic E-state index is -4.42. The monoisotopic (exact) mass is 443 g/mol.